The number of hydrogen-bond donors (Lipinski definition) is 2. The number of likely N-dealkylation sites (tertiary alicyclic amines) is 1. The minimum absolute atomic E-state index is 0.0270. The molecule has 0 bridgehead atoms. The van der Waals surface area contributed by atoms with Crippen molar-refractivity contribution in [3.8, 4) is 5.75 Å². The van der Waals surface area contributed by atoms with Gasteiger partial charge in [0, 0.05) is 30.7 Å². The summed E-state index contributed by atoms with van der Waals surface area (Å²) in [5.74, 6) is 0.312. The van der Waals surface area contributed by atoms with Gasteiger partial charge in [-0.25, -0.2) is 4.79 Å². The second-order valence-corrected chi connectivity index (χ2v) is 7.36. The molecule has 1 heterocycles. The molecule has 23 heavy (non-hydrogen) atoms. The summed E-state index contributed by atoms with van der Waals surface area (Å²) in [7, 11) is 0. The maximum atomic E-state index is 12.1. The van der Waals surface area contributed by atoms with Gasteiger partial charge in [0.1, 0.15) is 11.4 Å². The molecule has 0 aliphatic carbocycles. The lowest BCUT2D eigenvalue weighted by Crippen LogP contribution is -2.39. The third-order valence-electron chi connectivity index (χ3n) is 3.98. The fraction of sp³-hybridized carbons (Fsp3) is 0.611. The van der Waals surface area contributed by atoms with Crippen LogP contribution in [0.4, 0.5) is 4.79 Å². The van der Waals surface area contributed by atoms with E-state index in [9.17, 15) is 9.90 Å². The molecule has 1 amide bonds. The van der Waals surface area contributed by atoms with Gasteiger partial charge >= 0.3 is 6.09 Å². The van der Waals surface area contributed by atoms with Crippen LogP contribution in [0.5, 0.6) is 5.75 Å². The fourth-order valence-electron chi connectivity index (χ4n) is 2.85. The highest BCUT2D eigenvalue weighted by Gasteiger charge is 2.30. The minimum Gasteiger partial charge on any atom is -0.508 e. The van der Waals surface area contributed by atoms with E-state index < -0.39 is 5.60 Å². The Morgan fingerprint density at radius 3 is 2.74 bits per heavy atom. The van der Waals surface area contributed by atoms with Crippen LogP contribution in [-0.4, -0.2) is 40.8 Å². The average molecular weight is 320 g/mol. The molecule has 1 aromatic rings. The van der Waals surface area contributed by atoms with Crippen molar-refractivity contribution in [1.82, 2.24) is 10.2 Å². The SMILES string of the molecule is Cc1ccc(C(C)NC2CCN(C(=O)OC(C)(C)C)C2)c(O)c1. The highest BCUT2D eigenvalue weighted by atomic mass is 16.6. The molecule has 0 aromatic heterocycles. The first-order valence-electron chi connectivity index (χ1n) is 8.19. The monoisotopic (exact) mass is 320 g/mol. The van der Waals surface area contributed by atoms with Crippen LogP contribution in [0.15, 0.2) is 18.2 Å². The molecule has 2 unspecified atom stereocenters. The number of nitrogens with zero attached hydrogens (tertiary/aromatic N) is 1. The molecule has 2 N–H and O–H groups in total. The standard InChI is InChI=1S/C18H28N2O3/c1-12-6-7-15(16(21)10-12)13(2)19-14-8-9-20(11-14)17(22)23-18(3,4)5/h6-7,10,13-14,19,21H,8-9,11H2,1-5H3. The summed E-state index contributed by atoms with van der Waals surface area (Å²) in [4.78, 5) is 13.8. The van der Waals surface area contributed by atoms with Gasteiger partial charge in [0.05, 0.1) is 0 Å². The summed E-state index contributed by atoms with van der Waals surface area (Å²) in [5, 5.41) is 13.6. The second-order valence-electron chi connectivity index (χ2n) is 7.36. The average Bonchev–Trinajstić information content (AvgIpc) is 2.85. The van der Waals surface area contributed by atoms with Crippen LogP contribution in [0.3, 0.4) is 0 Å². The van der Waals surface area contributed by atoms with E-state index in [1.807, 2.05) is 46.8 Å². The first-order valence-corrected chi connectivity index (χ1v) is 8.19. The summed E-state index contributed by atoms with van der Waals surface area (Å²) < 4.78 is 5.41. The number of phenolic OH excluding ortho intramolecular Hbond substituents is 1. The normalized spacial score (nSPS) is 19.7. The van der Waals surface area contributed by atoms with Crippen LogP contribution in [0, 0.1) is 6.92 Å². The van der Waals surface area contributed by atoms with Gasteiger partial charge < -0.3 is 20.1 Å². The number of aromatic hydroxyl groups is 1. The molecule has 1 aliphatic rings. The van der Waals surface area contributed by atoms with Crippen LogP contribution in [0.2, 0.25) is 0 Å². The quantitative estimate of drug-likeness (QED) is 0.896. The Balaban J connectivity index is 1.91. The molecule has 2 rings (SSSR count). The van der Waals surface area contributed by atoms with E-state index in [-0.39, 0.29) is 18.2 Å². The third kappa shape index (κ3) is 4.86. The van der Waals surface area contributed by atoms with Crippen molar-refractivity contribution in [3.63, 3.8) is 0 Å². The maximum absolute atomic E-state index is 12.1. The van der Waals surface area contributed by atoms with Crippen molar-refractivity contribution in [1.29, 1.82) is 0 Å². The van der Waals surface area contributed by atoms with Crippen molar-refractivity contribution < 1.29 is 14.6 Å². The summed E-state index contributed by atoms with van der Waals surface area (Å²) in [6.07, 6.45) is 0.628. The van der Waals surface area contributed by atoms with E-state index in [0.29, 0.717) is 18.8 Å². The summed E-state index contributed by atoms with van der Waals surface area (Å²) in [6.45, 7) is 10.9. The Kier molecular flexibility index (Phi) is 5.19. The fourth-order valence-corrected chi connectivity index (χ4v) is 2.85. The van der Waals surface area contributed by atoms with Gasteiger partial charge in [-0.1, -0.05) is 12.1 Å². The smallest absolute Gasteiger partial charge is 0.410 e. The van der Waals surface area contributed by atoms with Crippen LogP contribution < -0.4 is 5.32 Å². The number of amides is 1. The predicted octanol–water partition coefficient (Wildman–Crippen LogP) is 3.36. The van der Waals surface area contributed by atoms with Crippen LogP contribution in [0.1, 0.15) is 51.3 Å². The topological polar surface area (TPSA) is 61.8 Å². The predicted molar refractivity (Wildman–Crippen MR) is 90.6 cm³/mol. The number of rotatable bonds is 3. The van der Waals surface area contributed by atoms with E-state index in [2.05, 4.69) is 5.32 Å². The number of nitrogens with one attached hydrogen (secondary N) is 1. The van der Waals surface area contributed by atoms with Gasteiger partial charge in [0.2, 0.25) is 0 Å². The molecular weight excluding hydrogens is 292 g/mol. The Labute approximate surface area is 138 Å². The maximum Gasteiger partial charge on any atom is 0.410 e. The number of hydrogen-bond acceptors (Lipinski definition) is 4. The van der Waals surface area contributed by atoms with E-state index in [1.54, 1.807) is 11.0 Å². The third-order valence-corrected chi connectivity index (χ3v) is 3.98. The molecule has 1 aromatic carbocycles. The lowest BCUT2D eigenvalue weighted by Gasteiger charge is -2.25. The highest BCUT2D eigenvalue weighted by Crippen LogP contribution is 2.26. The molecule has 128 valence electrons. The van der Waals surface area contributed by atoms with Crippen LogP contribution in [0.25, 0.3) is 0 Å². The van der Waals surface area contributed by atoms with E-state index in [1.165, 1.54) is 0 Å². The summed E-state index contributed by atoms with van der Waals surface area (Å²) in [6, 6.07) is 5.95. The highest BCUT2D eigenvalue weighted by molar-refractivity contribution is 5.68. The molecule has 0 saturated carbocycles. The molecular formula is C18H28N2O3. The number of ether oxygens (including phenoxy) is 1. The van der Waals surface area contributed by atoms with Gasteiger partial charge in [-0.2, -0.15) is 0 Å². The van der Waals surface area contributed by atoms with Crippen molar-refractivity contribution in [2.24, 2.45) is 0 Å². The zero-order chi connectivity index (χ0) is 17.2. The summed E-state index contributed by atoms with van der Waals surface area (Å²) >= 11 is 0. The summed E-state index contributed by atoms with van der Waals surface area (Å²) in [5.41, 5.74) is 1.45. The van der Waals surface area contributed by atoms with Gasteiger partial charge in [0.25, 0.3) is 0 Å². The Morgan fingerprint density at radius 2 is 2.13 bits per heavy atom. The van der Waals surface area contributed by atoms with Gasteiger partial charge in [0.15, 0.2) is 0 Å². The molecule has 1 fully saturated rings. The van der Waals surface area contributed by atoms with E-state index in [4.69, 9.17) is 4.74 Å². The van der Waals surface area contributed by atoms with Crippen LogP contribution >= 0.6 is 0 Å². The first kappa shape index (κ1) is 17.6. The van der Waals surface area contributed by atoms with Crippen molar-refractivity contribution in [2.45, 2.75) is 58.7 Å². The Bertz CT molecular complexity index is 566. The molecule has 0 spiro atoms. The lowest BCUT2D eigenvalue weighted by atomic mass is 10.0. The largest absolute Gasteiger partial charge is 0.508 e. The van der Waals surface area contributed by atoms with E-state index >= 15 is 0 Å². The van der Waals surface area contributed by atoms with Gasteiger partial charge in [-0.05, 0) is 52.7 Å². The molecule has 2 atom stereocenters. The number of carbonyl (C=O) groups excluding carboxylic acids is 1. The molecule has 1 saturated heterocycles. The van der Waals surface area contributed by atoms with E-state index in [0.717, 1.165) is 17.5 Å². The zero-order valence-corrected chi connectivity index (χ0v) is 14.7. The van der Waals surface area contributed by atoms with Crippen molar-refractivity contribution >= 4 is 6.09 Å². The molecule has 5 heteroatoms. The minimum atomic E-state index is -0.469. The van der Waals surface area contributed by atoms with Crippen molar-refractivity contribution in [2.75, 3.05) is 13.1 Å². The second kappa shape index (κ2) is 6.79. The van der Waals surface area contributed by atoms with Crippen molar-refractivity contribution in [3.05, 3.63) is 29.3 Å². The number of aryl methyl sites for hydroxylation is 1. The van der Waals surface area contributed by atoms with Gasteiger partial charge in [-0.3, -0.25) is 0 Å². The molecule has 5 nitrogen and oxygen atoms in total. The van der Waals surface area contributed by atoms with Gasteiger partial charge in [-0.15, -0.1) is 0 Å². The Morgan fingerprint density at radius 1 is 1.43 bits per heavy atom. The first-order chi connectivity index (χ1) is 10.7. The lowest BCUT2D eigenvalue weighted by molar-refractivity contribution is 0.0290. The number of benzene rings is 1. The molecule has 1 aliphatic heterocycles. The number of phenols is 1. The zero-order valence-electron chi connectivity index (χ0n) is 14.7. The Hall–Kier alpha value is -1.75. The van der Waals surface area contributed by atoms with Crippen LogP contribution in [-0.2, 0) is 4.74 Å². The number of carbonyl (C=O) groups is 1. The molecule has 0 radical (unpaired) electrons.